The molecule has 5 rings (SSSR count). The van der Waals surface area contributed by atoms with E-state index in [0.717, 1.165) is 6.42 Å². The topological polar surface area (TPSA) is 86.9 Å². The number of phenolic OH excluding ortho intramolecular Hbond substituents is 1. The molecule has 1 saturated heterocycles. The fourth-order valence-electron chi connectivity index (χ4n) is 3.82. The number of nitrogens with zero attached hydrogens (tertiary/aromatic N) is 6. The number of fused-ring (bicyclic) bond motifs is 1. The lowest BCUT2D eigenvalue weighted by atomic mass is 9.75. The van der Waals surface area contributed by atoms with Crippen LogP contribution < -0.4 is 9.80 Å². The minimum absolute atomic E-state index is 0.185. The molecular formula is C18H15FN6O2S. The number of thiocarbonyl (C=S) groups is 1. The predicted molar refractivity (Wildman–Crippen MR) is 103 cm³/mol. The lowest BCUT2D eigenvalue weighted by Gasteiger charge is -2.43. The number of aromatic nitrogens is 4. The Morgan fingerprint density at radius 2 is 2.00 bits per heavy atom. The Morgan fingerprint density at radius 1 is 1.21 bits per heavy atom. The molecule has 1 aromatic carbocycles. The first kappa shape index (κ1) is 17.0. The average Bonchev–Trinajstić information content (AvgIpc) is 3.12. The Morgan fingerprint density at radius 3 is 2.68 bits per heavy atom. The van der Waals surface area contributed by atoms with Gasteiger partial charge in [-0.3, -0.25) is 4.79 Å². The number of phenols is 1. The fraction of sp³-hybridized carbons (Fsp3) is 0.278. The normalized spacial score (nSPS) is 18.4. The summed E-state index contributed by atoms with van der Waals surface area (Å²) in [6.45, 7) is 1.76. The van der Waals surface area contributed by atoms with Crippen LogP contribution in [0.1, 0.15) is 25.1 Å². The monoisotopic (exact) mass is 398 g/mol. The molecule has 3 heterocycles. The first-order chi connectivity index (χ1) is 13.4. The van der Waals surface area contributed by atoms with E-state index in [-0.39, 0.29) is 11.0 Å². The first-order valence-corrected chi connectivity index (χ1v) is 9.19. The zero-order valence-corrected chi connectivity index (χ0v) is 15.6. The van der Waals surface area contributed by atoms with Gasteiger partial charge in [0.05, 0.1) is 0 Å². The van der Waals surface area contributed by atoms with Gasteiger partial charge in [0.15, 0.2) is 34.0 Å². The summed E-state index contributed by atoms with van der Waals surface area (Å²) in [6, 6.07) is 7.40. The summed E-state index contributed by atoms with van der Waals surface area (Å²) >= 11 is 5.63. The van der Waals surface area contributed by atoms with Crippen molar-refractivity contribution in [3.63, 3.8) is 0 Å². The maximum absolute atomic E-state index is 14.0. The Kier molecular flexibility index (Phi) is 3.45. The SMILES string of the molecule is Cc1nnc2ccc(N3C(=O)C4(CCC4)N(c4ccc(O)c(F)c4)C3=S)nn12. The van der Waals surface area contributed by atoms with Crippen LogP contribution in [0.3, 0.4) is 0 Å². The van der Waals surface area contributed by atoms with Crippen LogP contribution in [0.15, 0.2) is 30.3 Å². The van der Waals surface area contributed by atoms with Crippen LogP contribution in [-0.2, 0) is 4.79 Å². The number of anilines is 2. The van der Waals surface area contributed by atoms with Crippen molar-refractivity contribution in [1.82, 2.24) is 19.8 Å². The Balaban J connectivity index is 1.63. The third kappa shape index (κ3) is 2.12. The molecule has 10 heteroatoms. The van der Waals surface area contributed by atoms with Crippen molar-refractivity contribution in [1.29, 1.82) is 0 Å². The number of halogens is 1. The van der Waals surface area contributed by atoms with Crippen molar-refractivity contribution in [3.05, 3.63) is 42.0 Å². The van der Waals surface area contributed by atoms with Crippen molar-refractivity contribution in [2.75, 3.05) is 9.80 Å². The van der Waals surface area contributed by atoms with Crippen molar-refractivity contribution < 1.29 is 14.3 Å². The van der Waals surface area contributed by atoms with Crippen molar-refractivity contribution >= 4 is 40.4 Å². The molecule has 1 amide bonds. The van der Waals surface area contributed by atoms with Gasteiger partial charge in [-0.15, -0.1) is 15.3 Å². The van der Waals surface area contributed by atoms with E-state index in [2.05, 4.69) is 15.3 Å². The molecule has 0 unspecified atom stereocenters. The van der Waals surface area contributed by atoms with Crippen LogP contribution in [-0.4, -0.2) is 41.5 Å². The van der Waals surface area contributed by atoms with Crippen molar-refractivity contribution in [3.8, 4) is 5.75 Å². The molecule has 2 fully saturated rings. The van der Waals surface area contributed by atoms with Gasteiger partial charge in [0.1, 0.15) is 5.54 Å². The van der Waals surface area contributed by atoms with Gasteiger partial charge < -0.3 is 10.0 Å². The number of hydrogen-bond acceptors (Lipinski definition) is 6. The Hall–Kier alpha value is -3.14. The van der Waals surface area contributed by atoms with Crippen LogP contribution in [0.2, 0.25) is 0 Å². The van der Waals surface area contributed by atoms with Crippen molar-refractivity contribution in [2.24, 2.45) is 0 Å². The highest BCUT2D eigenvalue weighted by Crippen LogP contribution is 2.47. The maximum Gasteiger partial charge on any atom is 0.260 e. The number of aromatic hydroxyl groups is 1. The summed E-state index contributed by atoms with van der Waals surface area (Å²) in [5, 5.41) is 22.2. The molecule has 142 valence electrons. The van der Waals surface area contributed by atoms with E-state index in [0.29, 0.717) is 35.8 Å². The summed E-state index contributed by atoms with van der Waals surface area (Å²) < 4.78 is 15.5. The third-order valence-electron chi connectivity index (χ3n) is 5.42. The molecule has 1 spiro atoms. The maximum atomic E-state index is 14.0. The quantitative estimate of drug-likeness (QED) is 0.663. The molecule has 0 radical (unpaired) electrons. The van der Waals surface area contributed by atoms with Gasteiger partial charge in [-0.25, -0.2) is 9.29 Å². The fourth-order valence-corrected chi connectivity index (χ4v) is 4.28. The largest absolute Gasteiger partial charge is 0.505 e. The van der Waals surface area contributed by atoms with Crippen LogP contribution >= 0.6 is 12.2 Å². The number of carbonyl (C=O) groups is 1. The Labute approximate surface area is 164 Å². The highest BCUT2D eigenvalue weighted by atomic mass is 32.1. The second-order valence-corrected chi connectivity index (χ2v) is 7.35. The van der Waals surface area contributed by atoms with Crippen molar-refractivity contribution in [2.45, 2.75) is 31.7 Å². The molecule has 0 bridgehead atoms. The molecule has 28 heavy (non-hydrogen) atoms. The van der Waals surface area contributed by atoms with Gasteiger partial charge >= 0.3 is 0 Å². The van der Waals surface area contributed by atoms with Gasteiger partial charge in [-0.05, 0) is 62.7 Å². The third-order valence-corrected chi connectivity index (χ3v) is 5.78. The van der Waals surface area contributed by atoms with E-state index >= 15 is 0 Å². The van der Waals surface area contributed by atoms with Crippen LogP contribution in [0.4, 0.5) is 15.9 Å². The predicted octanol–water partition coefficient (Wildman–Crippen LogP) is 2.34. The second-order valence-electron chi connectivity index (χ2n) is 6.99. The molecule has 1 aliphatic heterocycles. The van der Waals surface area contributed by atoms with E-state index in [9.17, 15) is 14.3 Å². The van der Waals surface area contributed by atoms with Gasteiger partial charge in [0.2, 0.25) is 0 Å². The first-order valence-electron chi connectivity index (χ1n) is 8.79. The zero-order valence-electron chi connectivity index (χ0n) is 14.8. The highest BCUT2D eigenvalue weighted by Gasteiger charge is 2.60. The number of amides is 1. The molecular weight excluding hydrogens is 383 g/mol. The number of carbonyl (C=O) groups excluding carboxylic acids is 1. The second kappa shape index (κ2) is 5.68. The lowest BCUT2D eigenvalue weighted by Crippen LogP contribution is -2.55. The van der Waals surface area contributed by atoms with Gasteiger partial charge in [0.25, 0.3) is 5.91 Å². The molecule has 3 aromatic rings. The number of rotatable bonds is 2. The molecule has 8 nitrogen and oxygen atoms in total. The molecule has 0 atom stereocenters. The minimum atomic E-state index is -0.848. The van der Waals surface area contributed by atoms with Gasteiger partial charge in [0, 0.05) is 11.8 Å². The number of benzene rings is 1. The summed E-state index contributed by atoms with van der Waals surface area (Å²) in [5.74, 6) is -0.450. The van der Waals surface area contributed by atoms with E-state index < -0.39 is 17.1 Å². The molecule has 1 aliphatic carbocycles. The molecule has 2 aromatic heterocycles. The zero-order chi connectivity index (χ0) is 19.6. The molecule has 1 N–H and O–H groups in total. The average molecular weight is 398 g/mol. The lowest BCUT2D eigenvalue weighted by molar-refractivity contribution is -0.123. The van der Waals surface area contributed by atoms with Gasteiger partial charge in [-0.2, -0.15) is 4.52 Å². The van der Waals surface area contributed by atoms with Gasteiger partial charge in [-0.1, -0.05) is 0 Å². The van der Waals surface area contributed by atoms with E-state index in [1.807, 2.05) is 0 Å². The molecule has 1 saturated carbocycles. The smallest absolute Gasteiger partial charge is 0.260 e. The summed E-state index contributed by atoms with van der Waals surface area (Å²) in [7, 11) is 0. The summed E-state index contributed by atoms with van der Waals surface area (Å²) in [5.41, 5.74) is 0.145. The van der Waals surface area contributed by atoms with E-state index in [1.54, 1.807) is 34.5 Å². The summed E-state index contributed by atoms with van der Waals surface area (Å²) in [4.78, 5) is 16.5. The van der Waals surface area contributed by atoms with Crippen LogP contribution in [0, 0.1) is 12.7 Å². The van der Waals surface area contributed by atoms with Crippen LogP contribution in [0.25, 0.3) is 5.65 Å². The number of hydrogen-bond donors (Lipinski definition) is 1. The highest BCUT2D eigenvalue weighted by molar-refractivity contribution is 7.81. The van der Waals surface area contributed by atoms with E-state index in [1.165, 1.54) is 17.0 Å². The Bertz CT molecular complexity index is 1160. The standard InChI is InChI=1S/C18H15FN6O2S/c1-10-20-21-14-5-6-15(22-25(10)14)23-16(27)18(7-2-8-18)24(17(23)28)11-3-4-13(26)12(19)9-11/h3-6,9,26H,2,7-8H2,1H3. The minimum Gasteiger partial charge on any atom is -0.505 e. The summed E-state index contributed by atoms with van der Waals surface area (Å²) in [6.07, 6.45) is 2.09. The van der Waals surface area contributed by atoms with Crippen LogP contribution in [0.5, 0.6) is 5.75 Å². The molecule has 2 aliphatic rings. The van der Waals surface area contributed by atoms with E-state index in [4.69, 9.17) is 12.2 Å². The number of aryl methyl sites for hydroxylation is 1.